The zero-order valence-corrected chi connectivity index (χ0v) is 15.2. The molecule has 0 aromatic heterocycles. The molecule has 3 heteroatoms. The standard InChI is InChI=1S/C22H28O3/c1-3-5-9-19(16-18-10-7-6-8-11-18)17-25-21-14-12-20(13-15-21)22(23)24-4-2/h6-8,10-15,19H,3-5,9,16-17H2,1-2H3/t19-/m0/s1. The molecule has 0 aliphatic heterocycles. The van der Waals surface area contributed by atoms with Gasteiger partial charge in [-0.15, -0.1) is 0 Å². The molecule has 0 N–H and O–H groups in total. The highest BCUT2D eigenvalue weighted by atomic mass is 16.5. The van der Waals surface area contributed by atoms with Gasteiger partial charge in [0.25, 0.3) is 0 Å². The summed E-state index contributed by atoms with van der Waals surface area (Å²) < 4.78 is 11.0. The van der Waals surface area contributed by atoms with Crippen molar-refractivity contribution in [1.82, 2.24) is 0 Å². The van der Waals surface area contributed by atoms with Crippen molar-refractivity contribution in [2.24, 2.45) is 5.92 Å². The van der Waals surface area contributed by atoms with E-state index in [9.17, 15) is 4.79 Å². The highest BCUT2D eigenvalue weighted by molar-refractivity contribution is 5.89. The summed E-state index contributed by atoms with van der Waals surface area (Å²) in [5.74, 6) is 0.994. The summed E-state index contributed by atoms with van der Waals surface area (Å²) in [6.07, 6.45) is 4.59. The van der Waals surface area contributed by atoms with Crippen LogP contribution in [0, 0.1) is 5.92 Å². The molecule has 0 heterocycles. The summed E-state index contributed by atoms with van der Waals surface area (Å²) >= 11 is 0. The number of hydrogen-bond acceptors (Lipinski definition) is 3. The lowest BCUT2D eigenvalue weighted by atomic mass is 9.95. The second-order valence-electron chi connectivity index (χ2n) is 6.25. The second-order valence-corrected chi connectivity index (χ2v) is 6.25. The fourth-order valence-electron chi connectivity index (χ4n) is 2.80. The molecule has 1 atom stereocenters. The molecule has 2 rings (SSSR count). The van der Waals surface area contributed by atoms with Crippen LogP contribution in [-0.2, 0) is 11.2 Å². The normalized spacial score (nSPS) is 11.8. The number of ether oxygens (including phenoxy) is 2. The molecule has 0 amide bonds. The maximum absolute atomic E-state index is 11.7. The number of benzene rings is 2. The largest absolute Gasteiger partial charge is 0.493 e. The van der Waals surface area contributed by atoms with Gasteiger partial charge in [-0.1, -0.05) is 50.1 Å². The van der Waals surface area contributed by atoms with Crippen molar-refractivity contribution in [2.45, 2.75) is 39.5 Å². The number of esters is 1. The third-order valence-electron chi connectivity index (χ3n) is 4.18. The molecule has 2 aromatic rings. The Bertz CT molecular complexity index is 619. The maximum atomic E-state index is 11.7. The van der Waals surface area contributed by atoms with Crippen LogP contribution >= 0.6 is 0 Å². The Hall–Kier alpha value is -2.29. The molecule has 0 unspecified atom stereocenters. The first-order valence-electron chi connectivity index (χ1n) is 9.16. The predicted octanol–water partition coefficient (Wildman–Crippen LogP) is 5.29. The van der Waals surface area contributed by atoms with Gasteiger partial charge in [0.1, 0.15) is 5.75 Å². The molecule has 0 fully saturated rings. The third kappa shape index (κ3) is 6.61. The van der Waals surface area contributed by atoms with Crippen LogP contribution in [0.5, 0.6) is 5.75 Å². The summed E-state index contributed by atoms with van der Waals surface area (Å²) in [6, 6.07) is 17.8. The Morgan fingerprint density at radius 3 is 2.36 bits per heavy atom. The summed E-state index contributed by atoms with van der Waals surface area (Å²) in [7, 11) is 0. The lowest BCUT2D eigenvalue weighted by molar-refractivity contribution is 0.0526. The summed E-state index contributed by atoms with van der Waals surface area (Å²) in [5.41, 5.74) is 1.91. The fraction of sp³-hybridized carbons (Fsp3) is 0.409. The van der Waals surface area contributed by atoms with Gasteiger partial charge in [0.05, 0.1) is 18.8 Å². The lowest BCUT2D eigenvalue weighted by Gasteiger charge is -2.18. The van der Waals surface area contributed by atoms with Gasteiger partial charge in [-0.25, -0.2) is 4.79 Å². The zero-order chi connectivity index (χ0) is 17.9. The number of unbranched alkanes of at least 4 members (excludes halogenated alkanes) is 1. The molecule has 0 spiro atoms. The smallest absolute Gasteiger partial charge is 0.338 e. The summed E-state index contributed by atoms with van der Waals surface area (Å²) in [6.45, 7) is 5.09. The van der Waals surface area contributed by atoms with Crippen molar-refractivity contribution in [3.63, 3.8) is 0 Å². The average molecular weight is 340 g/mol. The van der Waals surface area contributed by atoms with Crippen LogP contribution in [-0.4, -0.2) is 19.2 Å². The van der Waals surface area contributed by atoms with E-state index in [1.54, 1.807) is 19.1 Å². The van der Waals surface area contributed by atoms with Crippen LogP contribution in [0.2, 0.25) is 0 Å². The highest BCUT2D eigenvalue weighted by Crippen LogP contribution is 2.19. The maximum Gasteiger partial charge on any atom is 0.338 e. The van der Waals surface area contributed by atoms with Crippen molar-refractivity contribution < 1.29 is 14.3 Å². The molecule has 0 aliphatic carbocycles. The third-order valence-corrected chi connectivity index (χ3v) is 4.18. The van der Waals surface area contributed by atoms with Crippen molar-refractivity contribution in [1.29, 1.82) is 0 Å². The minimum atomic E-state index is -0.293. The molecule has 25 heavy (non-hydrogen) atoms. The molecular formula is C22H28O3. The van der Waals surface area contributed by atoms with Crippen LogP contribution in [0.1, 0.15) is 49.0 Å². The van der Waals surface area contributed by atoms with E-state index < -0.39 is 0 Å². The minimum Gasteiger partial charge on any atom is -0.493 e. The summed E-state index contributed by atoms with van der Waals surface area (Å²) in [5, 5.41) is 0. The number of carbonyl (C=O) groups is 1. The lowest BCUT2D eigenvalue weighted by Crippen LogP contribution is -2.15. The van der Waals surface area contributed by atoms with E-state index in [-0.39, 0.29) is 5.97 Å². The van der Waals surface area contributed by atoms with Crippen LogP contribution in [0.25, 0.3) is 0 Å². The second kappa shape index (κ2) is 10.5. The van der Waals surface area contributed by atoms with Crippen molar-refractivity contribution in [3.05, 3.63) is 65.7 Å². The summed E-state index contributed by atoms with van der Waals surface area (Å²) in [4.78, 5) is 11.7. The van der Waals surface area contributed by atoms with Crippen LogP contribution < -0.4 is 4.74 Å². The van der Waals surface area contributed by atoms with Crippen molar-refractivity contribution in [2.75, 3.05) is 13.2 Å². The first-order chi connectivity index (χ1) is 12.2. The van der Waals surface area contributed by atoms with Crippen LogP contribution in [0.3, 0.4) is 0 Å². The first-order valence-corrected chi connectivity index (χ1v) is 9.16. The number of hydrogen-bond donors (Lipinski definition) is 0. The van der Waals surface area contributed by atoms with Gasteiger partial charge >= 0.3 is 5.97 Å². The molecule has 3 nitrogen and oxygen atoms in total. The molecule has 0 saturated carbocycles. The Kier molecular flexibility index (Phi) is 8.03. The number of carbonyl (C=O) groups excluding carboxylic acids is 1. The number of rotatable bonds is 10. The SMILES string of the molecule is CCCC[C@H](COc1ccc(C(=O)OCC)cc1)Cc1ccccc1. The monoisotopic (exact) mass is 340 g/mol. The molecule has 0 bridgehead atoms. The van der Waals surface area contributed by atoms with Gasteiger partial charge in [-0.2, -0.15) is 0 Å². The molecule has 134 valence electrons. The predicted molar refractivity (Wildman–Crippen MR) is 101 cm³/mol. The van der Waals surface area contributed by atoms with E-state index in [4.69, 9.17) is 9.47 Å². The Morgan fingerprint density at radius 2 is 1.72 bits per heavy atom. The van der Waals surface area contributed by atoms with Gasteiger partial charge in [0.15, 0.2) is 0 Å². The van der Waals surface area contributed by atoms with E-state index in [1.165, 1.54) is 18.4 Å². The quantitative estimate of drug-likeness (QED) is 0.551. The van der Waals surface area contributed by atoms with Gasteiger partial charge < -0.3 is 9.47 Å². The van der Waals surface area contributed by atoms with E-state index >= 15 is 0 Å². The van der Waals surface area contributed by atoms with Crippen molar-refractivity contribution >= 4 is 5.97 Å². The minimum absolute atomic E-state index is 0.293. The van der Waals surface area contributed by atoms with Crippen LogP contribution in [0.15, 0.2) is 54.6 Å². The molecular weight excluding hydrogens is 312 g/mol. The molecule has 2 aromatic carbocycles. The molecule has 0 aliphatic rings. The Balaban J connectivity index is 1.91. The molecule has 0 radical (unpaired) electrons. The van der Waals surface area contributed by atoms with E-state index in [0.29, 0.717) is 24.7 Å². The first kappa shape index (κ1) is 19.0. The van der Waals surface area contributed by atoms with Gasteiger partial charge in [0, 0.05) is 0 Å². The zero-order valence-electron chi connectivity index (χ0n) is 15.2. The van der Waals surface area contributed by atoms with Gasteiger partial charge in [0.2, 0.25) is 0 Å². The average Bonchev–Trinajstić information content (AvgIpc) is 2.65. The Morgan fingerprint density at radius 1 is 1.00 bits per heavy atom. The van der Waals surface area contributed by atoms with Gasteiger partial charge in [-0.3, -0.25) is 0 Å². The fourth-order valence-corrected chi connectivity index (χ4v) is 2.80. The van der Waals surface area contributed by atoms with E-state index in [1.807, 2.05) is 18.2 Å². The van der Waals surface area contributed by atoms with Gasteiger partial charge in [-0.05, 0) is 55.5 Å². The highest BCUT2D eigenvalue weighted by Gasteiger charge is 2.11. The Labute approximate surface area is 151 Å². The van der Waals surface area contributed by atoms with E-state index in [0.717, 1.165) is 18.6 Å². The van der Waals surface area contributed by atoms with E-state index in [2.05, 4.69) is 31.2 Å². The topological polar surface area (TPSA) is 35.5 Å². The molecule has 0 saturated heterocycles. The van der Waals surface area contributed by atoms with Crippen molar-refractivity contribution in [3.8, 4) is 5.75 Å². The van der Waals surface area contributed by atoms with Crippen LogP contribution in [0.4, 0.5) is 0 Å².